The molecule has 28 heavy (non-hydrogen) atoms. The zero-order chi connectivity index (χ0) is 19.9. The summed E-state index contributed by atoms with van der Waals surface area (Å²) in [5.41, 5.74) is 2.78. The lowest BCUT2D eigenvalue weighted by Gasteiger charge is -2.27. The number of fused-ring (bicyclic) bond motifs is 1. The predicted octanol–water partition coefficient (Wildman–Crippen LogP) is 2.55. The van der Waals surface area contributed by atoms with E-state index >= 15 is 0 Å². The summed E-state index contributed by atoms with van der Waals surface area (Å²) in [7, 11) is -3.05. The van der Waals surface area contributed by atoms with Gasteiger partial charge in [-0.25, -0.2) is 18.1 Å². The van der Waals surface area contributed by atoms with Crippen molar-refractivity contribution in [3.05, 3.63) is 48.2 Å². The van der Waals surface area contributed by atoms with E-state index < -0.39 is 9.84 Å². The Bertz CT molecular complexity index is 1120. The van der Waals surface area contributed by atoms with Gasteiger partial charge in [0.25, 0.3) is 5.91 Å². The molecule has 2 aromatic heterocycles. The van der Waals surface area contributed by atoms with E-state index in [4.69, 9.17) is 4.98 Å². The molecule has 4 rings (SSSR count). The third kappa shape index (κ3) is 3.40. The Morgan fingerprint density at radius 2 is 1.79 bits per heavy atom. The first-order valence-electron chi connectivity index (χ1n) is 9.29. The summed E-state index contributed by atoms with van der Waals surface area (Å²) in [6.07, 6.45) is 1.67. The molecule has 0 bridgehead atoms. The molecular formula is C20H22N4O3S. The summed E-state index contributed by atoms with van der Waals surface area (Å²) in [4.78, 5) is 19.6. The minimum absolute atomic E-state index is 0.00373. The number of carbonyl (C=O) groups is 1. The van der Waals surface area contributed by atoms with E-state index in [1.807, 2.05) is 44.2 Å². The third-order valence-corrected chi connectivity index (χ3v) is 6.60. The number of hydrogen-bond donors (Lipinski definition) is 0. The quantitative estimate of drug-likeness (QED) is 0.677. The molecule has 1 amide bonds. The van der Waals surface area contributed by atoms with Gasteiger partial charge in [0.1, 0.15) is 0 Å². The van der Waals surface area contributed by atoms with Gasteiger partial charge >= 0.3 is 0 Å². The van der Waals surface area contributed by atoms with Crippen LogP contribution in [0.2, 0.25) is 0 Å². The van der Waals surface area contributed by atoms with Gasteiger partial charge in [0, 0.05) is 24.7 Å². The second kappa shape index (κ2) is 7.01. The molecule has 3 heterocycles. The van der Waals surface area contributed by atoms with Gasteiger partial charge in [0.15, 0.2) is 15.5 Å². The van der Waals surface area contributed by atoms with E-state index in [0.29, 0.717) is 22.3 Å². The minimum Gasteiger partial charge on any atom is -0.337 e. The average molecular weight is 398 g/mol. The van der Waals surface area contributed by atoms with Crippen molar-refractivity contribution in [2.45, 2.75) is 19.9 Å². The van der Waals surface area contributed by atoms with Crippen molar-refractivity contribution in [3.8, 4) is 11.3 Å². The van der Waals surface area contributed by atoms with Gasteiger partial charge < -0.3 is 4.90 Å². The van der Waals surface area contributed by atoms with Crippen LogP contribution in [0.15, 0.2) is 42.6 Å². The molecule has 0 unspecified atom stereocenters. The molecule has 0 aliphatic carbocycles. The summed E-state index contributed by atoms with van der Waals surface area (Å²) < 4.78 is 25.3. The third-order valence-electron chi connectivity index (χ3n) is 4.99. The van der Waals surface area contributed by atoms with Gasteiger partial charge in [-0.05, 0) is 19.9 Å². The van der Waals surface area contributed by atoms with E-state index in [-0.39, 0.29) is 36.5 Å². The fourth-order valence-electron chi connectivity index (χ4n) is 3.42. The SMILES string of the molecule is CC(C)n1ncc2c(C(=O)N3CCS(=O)(=O)CC3)cc(-c3ccccc3)nc21. The Morgan fingerprint density at radius 1 is 1.11 bits per heavy atom. The number of sulfone groups is 1. The number of carbonyl (C=O) groups excluding carboxylic acids is 1. The van der Waals surface area contributed by atoms with Crippen molar-refractivity contribution in [3.63, 3.8) is 0 Å². The van der Waals surface area contributed by atoms with Crippen LogP contribution in [-0.2, 0) is 9.84 Å². The normalized spacial score (nSPS) is 16.6. The van der Waals surface area contributed by atoms with Crippen LogP contribution >= 0.6 is 0 Å². The summed E-state index contributed by atoms with van der Waals surface area (Å²) in [5, 5.41) is 5.12. The van der Waals surface area contributed by atoms with Crippen LogP contribution in [0, 0.1) is 0 Å². The lowest BCUT2D eigenvalue weighted by Crippen LogP contribution is -2.43. The largest absolute Gasteiger partial charge is 0.337 e. The van der Waals surface area contributed by atoms with Crippen LogP contribution in [0.3, 0.4) is 0 Å². The molecule has 0 atom stereocenters. The molecule has 0 N–H and O–H groups in total. The number of benzene rings is 1. The topological polar surface area (TPSA) is 85.2 Å². The van der Waals surface area contributed by atoms with Gasteiger partial charge in [0.05, 0.1) is 34.3 Å². The smallest absolute Gasteiger partial charge is 0.254 e. The fourth-order valence-corrected chi connectivity index (χ4v) is 4.62. The molecule has 1 aliphatic rings. The molecule has 146 valence electrons. The van der Waals surface area contributed by atoms with Crippen molar-refractivity contribution in [1.82, 2.24) is 19.7 Å². The van der Waals surface area contributed by atoms with Crippen molar-refractivity contribution >= 4 is 26.8 Å². The Balaban J connectivity index is 1.83. The second-order valence-corrected chi connectivity index (χ2v) is 9.59. The minimum atomic E-state index is -3.05. The van der Waals surface area contributed by atoms with E-state index in [2.05, 4.69) is 5.10 Å². The Kier molecular flexibility index (Phi) is 4.66. The van der Waals surface area contributed by atoms with Crippen molar-refractivity contribution in [2.75, 3.05) is 24.6 Å². The van der Waals surface area contributed by atoms with E-state index in [0.717, 1.165) is 5.56 Å². The average Bonchev–Trinajstić information content (AvgIpc) is 3.12. The highest BCUT2D eigenvalue weighted by Crippen LogP contribution is 2.27. The number of pyridine rings is 1. The summed E-state index contributed by atoms with van der Waals surface area (Å²) in [6, 6.07) is 11.6. The lowest BCUT2D eigenvalue weighted by atomic mass is 10.1. The summed E-state index contributed by atoms with van der Waals surface area (Å²) in [6.45, 7) is 4.45. The number of nitrogens with zero attached hydrogens (tertiary/aromatic N) is 4. The molecule has 0 spiro atoms. The second-order valence-electron chi connectivity index (χ2n) is 7.29. The Morgan fingerprint density at radius 3 is 2.43 bits per heavy atom. The van der Waals surface area contributed by atoms with Crippen molar-refractivity contribution < 1.29 is 13.2 Å². The first-order chi connectivity index (χ1) is 13.4. The molecule has 0 radical (unpaired) electrons. The lowest BCUT2D eigenvalue weighted by molar-refractivity contribution is 0.0772. The van der Waals surface area contributed by atoms with Crippen LogP contribution in [0.1, 0.15) is 30.2 Å². The molecule has 7 nitrogen and oxygen atoms in total. The van der Waals surface area contributed by atoms with Gasteiger partial charge in [0.2, 0.25) is 0 Å². The molecule has 1 aromatic carbocycles. The molecule has 1 fully saturated rings. The predicted molar refractivity (Wildman–Crippen MR) is 108 cm³/mol. The summed E-state index contributed by atoms with van der Waals surface area (Å²) >= 11 is 0. The van der Waals surface area contributed by atoms with Gasteiger partial charge in [-0.2, -0.15) is 5.10 Å². The number of hydrogen-bond acceptors (Lipinski definition) is 5. The van der Waals surface area contributed by atoms with Crippen molar-refractivity contribution in [2.24, 2.45) is 0 Å². The maximum absolute atomic E-state index is 13.3. The molecule has 3 aromatic rings. The zero-order valence-corrected chi connectivity index (χ0v) is 16.7. The summed E-state index contributed by atoms with van der Waals surface area (Å²) in [5.74, 6) is -0.171. The van der Waals surface area contributed by atoms with E-state index in [1.54, 1.807) is 21.8 Å². The van der Waals surface area contributed by atoms with Gasteiger partial charge in [-0.3, -0.25) is 4.79 Å². The maximum Gasteiger partial charge on any atom is 0.254 e. The van der Waals surface area contributed by atoms with Crippen LogP contribution in [0.5, 0.6) is 0 Å². The highest BCUT2D eigenvalue weighted by Gasteiger charge is 2.28. The number of aromatic nitrogens is 3. The molecule has 1 aliphatic heterocycles. The maximum atomic E-state index is 13.3. The molecule has 0 saturated carbocycles. The molecule has 1 saturated heterocycles. The highest BCUT2D eigenvalue weighted by atomic mass is 32.2. The number of rotatable bonds is 3. The van der Waals surface area contributed by atoms with Gasteiger partial charge in [-0.15, -0.1) is 0 Å². The van der Waals surface area contributed by atoms with Crippen LogP contribution in [0.25, 0.3) is 22.3 Å². The van der Waals surface area contributed by atoms with Crippen LogP contribution in [0.4, 0.5) is 0 Å². The monoisotopic (exact) mass is 398 g/mol. The van der Waals surface area contributed by atoms with Crippen LogP contribution < -0.4 is 0 Å². The van der Waals surface area contributed by atoms with E-state index in [9.17, 15) is 13.2 Å². The first kappa shape index (κ1) is 18.6. The van der Waals surface area contributed by atoms with E-state index in [1.165, 1.54) is 0 Å². The molecular weight excluding hydrogens is 376 g/mol. The van der Waals surface area contributed by atoms with Gasteiger partial charge in [-0.1, -0.05) is 30.3 Å². The highest BCUT2D eigenvalue weighted by molar-refractivity contribution is 7.91. The fraction of sp³-hybridized carbons (Fsp3) is 0.350. The molecule has 8 heteroatoms. The standard InChI is InChI=1S/C20H22N4O3S/c1-14(2)24-19-17(13-21-24)16(12-18(22-19)15-6-4-3-5-7-15)20(25)23-8-10-28(26,27)11-9-23/h3-7,12-14H,8-11H2,1-2H3. The Hall–Kier alpha value is -2.74. The first-order valence-corrected chi connectivity index (χ1v) is 11.1. The Labute approximate surface area is 163 Å². The van der Waals surface area contributed by atoms with Crippen molar-refractivity contribution in [1.29, 1.82) is 0 Å². The van der Waals surface area contributed by atoms with Crippen LogP contribution in [-0.4, -0.2) is 58.6 Å². The zero-order valence-electron chi connectivity index (χ0n) is 15.9. The number of amides is 1.